The molecule has 0 saturated heterocycles. The summed E-state index contributed by atoms with van der Waals surface area (Å²) in [4.78, 5) is 24.9. The second-order valence-electron chi connectivity index (χ2n) is 8.52. The van der Waals surface area contributed by atoms with E-state index in [1.165, 1.54) is 17.9 Å². The van der Waals surface area contributed by atoms with Crippen molar-refractivity contribution in [3.05, 3.63) is 69.7 Å². The van der Waals surface area contributed by atoms with E-state index < -0.39 is 27.3 Å². The third-order valence-electron chi connectivity index (χ3n) is 5.94. The summed E-state index contributed by atoms with van der Waals surface area (Å²) >= 11 is 0. The number of aromatic nitrogens is 4. The predicted molar refractivity (Wildman–Crippen MR) is 135 cm³/mol. The van der Waals surface area contributed by atoms with E-state index in [-0.39, 0.29) is 17.3 Å². The van der Waals surface area contributed by atoms with E-state index in [1.54, 1.807) is 51.1 Å². The lowest BCUT2D eigenvalue weighted by Crippen LogP contribution is -2.29. The number of sulfone groups is 1. The Morgan fingerprint density at radius 2 is 1.92 bits per heavy atom. The summed E-state index contributed by atoms with van der Waals surface area (Å²) in [6, 6.07) is 7.27. The van der Waals surface area contributed by atoms with Gasteiger partial charge in [-0.3, -0.25) is 4.57 Å². The maximum absolute atomic E-state index is 14.8. The summed E-state index contributed by atoms with van der Waals surface area (Å²) in [7, 11) is -2.09. The van der Waals surface area contributed by atoms with Crippen LogP contribution in [-0.4, -0.2) is 53.7 Å². The quantitative estimate of drug-likeness (QED) is 0.382. The van der Waals surface area contributed by atoms with Gasteiger partial charge in [0, 0.05) is 23.6 Å². The zero-order valence-electron chi connectivity index (χ0n) is 20.6. The van der Waals surface area contributed by atoms with Crippen LogP contribution in [0.4, 0.5) is 4.39 Å². The van der Waals surface area contributed by atoms with E-state index in [0.717, 1.165) is 6.26 Å². The van der Waals surface area contributed by atoms with Gasteiger partial charge >= 0.3 is 5.69 Å². The van der Waals surface area contributed by atoms with Crippen LogP contribution in [0.3, 0.4) is 0 Å². The van der Waals surface area contributed by atoms with Crippen LogP contribution in [0.1, 0.15) is 29.8 Å². The van der Waals surface area contributed by atoms with Crippen LogP contribution >= 0.6 is 0 Å². The molecule has 9 nitrogen and oxygen atoms in total. The van der Waals surface area contributed by atoms with E-state index in [0.29, 0.717) is 45.8 Å². The minimum absolute atomic E-state index is 0.185. The molecule has 190 valence electrons. The van der Waals surface area contributed by atoms with Crippen molar-refractivity contribution < 1.29 is 22.3 Å². The molecule has 36 heavy (non-hydrogen) atoms. The van der Waals surface area contributed by atoms with Crippen molar-refractivity contribution in [3.63, 3.8) is 0 Å². The Morgan fingerprint density at radius 1 is 1.17 bits per heavy atom. The topological polar surface area (TPSA) is 116 Å². The van der Waals surface area contributed by atoms with Crippen molar-refractivity contribution in [1.82, 2.24) is 19.5 Å². The molecule has 3 heterocycles. The molecule has 1 aromatic carbocycles. The Hall–Kier alpha value is -3.73. The largest absolute Gasteiger partial charge is 0.491 e. The van der Waals surface area contributed by atoms with Crippen LogP contribution in [0, 0.1) is 19.7 Å². The Kier molecular flexibility index (Phi) is 6.85. The minimum atomic E-state index is -3.56. The molecule has 0 aliphatic rings. The van der Waals surface area contributed by atoms with Crippen LogP contribution in [0.2, 0.25) is 0 Å². The lowest BCUT2D eigenvalue weighted by molar-refractivity contribution is 0.296. The molecule has 1 atom stereocenters. The molecule has 4 aromatic rings. The third kappa shape index (κ3) is 4.70. The van der Waals surface area contributed by atoms with Gasteiger partial charge in [0.05, 0.1) is 36.7 Å². The fourth-order valence-electron chi connectivity index (χ4n) is 4.20. The first-order chi connectivity index (χ1) is 17.1. The number of rotatable bonds is 8. The Labute approximate surface area is 207 Å². The average molecular weight is 515 g/mol. The van der Waals surface area contributed by atoms with Gasteiger partial charge in [-0.05, 0) is 44.0 Å². The highest BCUT2D eigenvalue weighted by molar-refractivity contribution is 7.90. The maximum Gasteiger partial charge on any atom is 0.328 e. The van der Waals surface area contributed by atoms with Crippen LogP contribution in [0.25, 0.3) is 22.3 Å². The summed E-state index contributed by atoms with van der Waals surface area (Å²) < 4.78 is 51.7. The van der Waals surface area contributed by atoms with E-state index in [9.17, 15) is 17.6 Å². The molecule has 0 bridgehead atoms. The number of imidazole rings is 1. The molecule has 0 fully saturated rings. The number of H-pyrrole nitrogens is 1. The highest BCUT2D eigenvalue weighted by atomic mass is 32.2. The predicted octanol–water partition coefficient (Wildman–Crippen LogP) is 3.58. The summed E-state index contributed by atoms with van der Waals surface area (Å²) in [5.41, 5.74) is 2.33. The molecule has 0 aliphatic heterocycles. The molecule has 1 N–H and O–H groups in total. The van der Waals surface area contributed by atoms with Gasteiger partial charge in [0.1, 0.15) is 15.7 Å². The van der Waals surface area contributed by atoms with Crippen molar-refractivity contribution in [2.24, 2.45) is 0 Å². The van der Waals surface area contributed by atoms with Gasteiger partial charge in [0.2, 0.25) is 0 Å². The third-order valence-corrected chi connectivity index (χ3v) is 6.86. The molecular weight excluding hydrogens is 487 g/mol. The van der Waals surface area contributed by atoms with Gasteiger partial charge in [0.15, 0.2) is 11.4 Å². The Morgan fingerprint density at radius 3 is 2.58 bits per heavy atom. The van der Waals surface area contributed by atoms with Gasteiger partial charge < -0.3 is 14.5 Å². The molecule has 11 heteroatoms. The molecule has 0 unspecified atom stereocenters. The van der Waals surface area contributed by atoms with Crippen molar-refractivity contribution in [2.45, 2.75) is 26.8 Å². The monoisotopic (exact) mass is 514 g/mol. The van der Waals surface area contributed by atoms with Gasteiger partial charge in [-0.25, -0.2) is 27.6 Å². The zero-order chi connectivity index (χ0) is 26.2. The van der Waals surface area contributed by atoms with E-state index in [2.05, 4.69) is 15.0 Å². The first-order valence-electron chi connectivity index (χ1n) is 11.3. The number of methoxy groups -OCH3 is 1. The van der Waals surface area contributed by atoms with Gasteiger partial charge in [-0.1, -0.05) is 18.2 Å². The lowest BCUT2D eigenvalue weighted by atomic mass is 10.00. The molecular formula is C25H27FN4O5S. The summed E-state index contributed by atoms with van der Waals surface area (Å²) in [5.74, 6) is -0.210. The molecule has 0 spiro atoms. The molecule has 4 rings (SSSR count). The van der Waals surface area contributed by atoms with Gasteiger partial charge in [-0.15, -0.1) is 0 Å². The van der Waals surface area contributed by atoms with E-state index in [4.69, 9.17) is 9.47 Å². The SMILES string of the molecule is CCOc1nc([C@@H](CS(C)(=O)=O)n2c(=O)[nH]c3c(C)c(-c4cccc(C)c4F)cnc32)ccc1OC. The summed E-state index contributed by atoms with van der Waals surface area (Å²) in [6.45, 7) is 5.53. The second-order valence-corrected chi connectivity index (χ2v) is 10.7. The number of benzene rings is 1. The van der Waals surface area contributed by atoms with Crippen LogP contribution in [0.15, 0.2) is 41.3 Å². The van der Waals surface area contributed by atoms with E-state index in [1.807, 2.05) is 0 Å². The summed E-state index contributed by atoms with van der Waals surface area (Å²) in [6.07, 6.45) is 2.58. The molecule has 0 saturated carbocycles. The highest BCUT2D eigenvalue weighted by Crippen LogP contribution is 2.33. The number of aromatic amines is 1. The van der Waals surface area contributed by atoms with Crippen molar-refractivity contribution in [2.75, 3.05) is 25.7 Å². The number of hydrogen-bond acceptors (Lipinski definition) is 7. The number of ether oxygens (including phenoxy) is 2. The first kappa shape index (κ1) is 25.4. The highest BCUT2D eigenvalue weighted by Gasteiger charge is 2.28. The standard InChI is InChI=1S/C25H27FN4O5S/c1-6-35-24-20(34-4)11-10-18(28-24)19(13-36(5,32)33)30-23-22(29-25(30)31)15(3)17(12-27-23)16-9-7-8-14(2)21(16)26/h7-12,19H,6,13H2,1-5H3,(H,29,31)/t19-/m1/s1. The Bertz CT molecular complexity index is 1610. The first-order valence-corrected chi connectivity index (χ1v) is 13.3. The number of hydrogen-bond donors (Lipinski definition) is 1. The smallest absolute Gasteiger partial charge is 0.328 e. The minimum Gasteiger partial charge on any atom is -0.491 e. The number of pyridine rings is 2. The maximum atomic E-state index is 14.8. The average Bonchev–Trinajstić information content (AvgIpc) is 3.16. The number of fused-ring (bicyclic) bond motifs is 1. The van der Waals surface area contributed by atoms with Crippen LogP contribution in [0.5, 0.6) is 11.6 Å². The normalized spacial score (nSPS) is 12.6. The number of halogens is 1. The van der Waals surface area contributed by atoms with Crippen molar-refractivity contribution >= 4 is 21.0 Å². The lowest BCUT2D eigenvalue weighted by Gasteiger charge is -2.19. The molecule has 0 amide bonds. The van der Waals surface area contributed by atoms with Crippen LogP contribution in [-0.2, 0) is 9.84 Å². The summed E-state index contributed by atoms with van der Waals surface area (Å²) in [5, 5.41) is 0. The van der Waals surface area contributed by atoms with Crippen molar-refractivity contribution in [1.29, 1.82) is 0 Å². The second kappa shape index (κ2) is 9.73. The number of nitrogens with one attached hydrogen (secondary N) is 1. The fraction of sp³-hybridized carbons (Fsp3) is 0.320. The van der Waals surface area contributed by atoms with Gasteiger partial charge in [0.25, 0.3) is 5.88 Å². The number of aryl methyl sites for hydroxylation is 2. The molecule has 3 aromatic heterocycles. The van der Waals surface area contributed by atoms with Gasteiger partial charge in [-0.2, -0.15) is 0 Å². The molecule has 0 aliphatic carbocycles. The zero-order valence-corrected chi connectivity index (χ0v) is 21.4. The number of nitrogens with zero attached hydrogens (tertiary/aromatic N) is 3. The van der Waals surface area contributed by atoms with Crippen LogP contribution < -0.4 is 15.2 Å². The van der Waals surface area contributed by atoms with E-state index >= 15 is 0 Å². The molecule has 0 radical (unpaired) electrons. The Balaban J connectivity index is 1.94. The van der Waals surface area contributed by atoms with Crippen molar-refractivity contribution in [3.8, 4) is 22.8 Å². The fourth-order valence-corrected chi connectivity index (χ4v) is 5.10.